The Hall–Kier alpha value is -2.37. The van der Waals surface area contributed by atoms with Crippen LogP contribution in [0, 0.1) is 0 Å². The molecule has 6 nitrogen and oxygen atoms in total. The van der Waals surface area contributed by atoms with Gasteiger partial charge >= 0.3 is 0 Å². The van der Waals surface area contributed by atoms with E-state index in [4.69, 9.17) is 0 Å². The number of nitrogens with zero attached hydrogens (tertiary/aromatic N) is 1. The Labute approximate surface area is 121 Å². The van der Waals surface area contributed by atoms with Gasteiger partial charge in [-0.2, -0.15) is 0 Å². The first kappa shape index (κ1) is 12.4. The van der Waals surface area contributed by atoms with Crippen LogP contribution in [0.25, 0.3) is 0 Å². The molecule has 3 heterocycles. The Morgan fingerprint density at radius 3 is 2.81 bits per heavy atom. The highest BCUT2D eigenvalue weighted by molar-refractivity contribution is 6.13. The summed E-state index contributed by atoms with van der Waals surface area (Å²) in [7, 11) is 0. The average Bonchev–Trinajstić information content (AvgIpc) is 2.75. The van der Waals surface area contributed by atoms with Crippen LogP contribution in [0.2, 0.25) is 0 Å². The van der Waals surface area contributed by atoms with Crippen LogP contribution in [0.5, 0.6) is 0 Å². The number of hydrogen-bond acceptors (Lipinski definition) is 4. The molecule has 1 aromatic carbocycles. The Balaban J connectivity index is 1.78. The van der Waals surface area contributed by atoms with Crippen LogP contribution in [0.4, 0.5) is 11.4 Å². The molecule has 0 saturated carbocycles. The molecule has 0 spiro atoms. The molecule has 3 amide bonds. The molecule has 1 aromatic rings. The SMILES string of the molecule is O=C1CCC(N2C(=O)C3CCNc4cccc2c43)C(=O)N1. The molecule has 0 bridgehead atoms. The predicted molar refractivity (Wildman–Crippen MR) is 75.9 cm³/mol. The number of nitrogens with one attached hydrogen (secondary N) is 2. The highest BCUT2D eigenvalue weighted by Crippen LogP contribution is 2.46. The third kappa shape index (κ3) is 1.68. The quantitative estimate of drug-likeness (QED) is 0.746. The Bertz CT molecular complexity index is 670. The first-order chi connectivity index (χ1) is 10.2. The van der Waals surface area contributed by atoms with E-state index in [2.05, 4.69) is 10.6 Å². The topological polar surface area (TPSA) is 78.5 Å². The largest absolute Gasteiger partial charge is 0.385 e. The summed E-state index contributed by atoms with van der Waals surface area (Å²) in [6, 6.07) is 5.16. The van der Waals surface area contributed by atoms with Crippen molar-refractivity contribution in [3.05, 3.63) is 23.8 Å². The van der Waals surface area contributed by atoms with Gasteiger partial charge in [-0.1, -0.05) is 6.07 Å². The summed E-state index contributed by atoms with van der Waals surface area (Å²) in [6.45, 7) is 0.760. The first-order valence-corrected chi connectivity index (χ1v) is 7.20. The molecule has 3 aliphatic heterocycles. The lowest BCUT2D eigenvalue weighted by Crippen LogP contribution is -2.54. The van der Waals surface area contributed by atoms with E-state index >= 15 is 0 Å². The van der Waals surface area contributed by atoms with Gasteiger partial charge in [-0.25, -0.2) is 0 Å². The van der Waals surface area contributed by atoms with Crippen LogP contribution < -0.4 is 15.5 Å². The van der Waals surface area contributed by atoms with E-state index in [1.54, 1.807) is 4.90 Å². The van der Waals surface area contributed by atoms with Crippen molar-refractivity contribution in [3.8, 4) is 0 Å². The number of piperidine rings is 1. The number of hydrogen-bond donors (Lipinski definition) is 2. The molecule has 3 aliphatic rings. The molecule has 0 aliphatic carbocycles. The highest BCUT2D eigenvalue weighted by atomic mass is 16.2. The normalized spacial score (nSPS) is 27.2. The second kappa shape index (κ2) is 4.31. The summed E-state index contributed by atoms with van der Waals surface area (Å²) >= 11 is 0. The smallest absolute Gasteiger partial charge is 0.249 e. The van der Waals surface area contributed by atoms with Crippen LogP contribution >= 0.6 is 0 Å². The number of anilines is 2. The number of carbonyl (C=O) groups excluding carboxylic acids is 3. The molecular formula is C15H15N3O3. The van der Waals surface area contributed by atoms with Crippen molar-refractivity contribution in [3.63, 3.8) is 0 Å². The second-order valence-electron chi connectivity index (χ2n) is 5.68. The number of imide groups is 1. The molecule has 1 saturated heterocycles. The molecular weight excluding hydrogens is 270 g/mol. The lowest BCUT2D eigenvalue weighted by Gasteiger charge is -2.30. The average molecular weight is 285 g/mol. The van der Waals surface area contributed by atoms with Gasteiger partial charge in [0.05, 0.1) is 11.6 Å². The van der Waals surface area contributed by atoms with Crippen LogP contribution in [0.3, 0.4) is 0 Å². The monoisotopic (exact) mass is 285 g/mol. The van der Waals surface area contributed by atoms with Crippen molar-refractivity contribution in [2.24, 2.45) is 0 Å². The first-order valence-electron chi connectivity index (χ1n) is 7.20. The predicted octanol–water partition coefficient (Wildman–Crippen LogP) is 0.738. The maximum Gasteiger partial charge on any atom is 0.249 e. The van der Waals surface area contributed by atoms with Crippen molar-refractivity contribution in [2.45, 2.75) is 31.2 Å². The molecule has 2 atom stereocenters. The molecule has 1 fully saturated rings. The minimum Gasteiger partial charge on any atom is -0.385 e. The zero-order valence-electron chi connectivity index (χ0n) is 11.4. The fourth-order valence-corrected chi connectivity index (χ4v) is 3.56. The van der Waals surface area contributed by atoms with E-state index in [9.17, 15) is 14.4 Å². The Morgan fingerprint density at radius 1 is 1.14 bits per heavy atom. The van der Waals surface area contributed by atoms with Crippen molar-refractivity contribution < 1.29 is 14.4 Å². The van der Waals surface area contributed by atoms with Crippen molar-refractivity contribution in [1.82, 2.24) is 5.32 Å². The molecule has 108 valence electrons. The minimum absolute atomic E-state index is 0.0200. The lowest BCUT2D eigenvalue weighted by molar-refractivity contribution is -0.135. The fourth-order valence-electron chi connectivity index (χ4n) is 3.56. The molecule has 4 rings (SSSR count). The van der Waals surface area contributed by atoms with Gasteiger partial charge in [-0.15, -0.1) is 0 Å². The van der Waals surface area contributed by atoms with Crippen LogP contribution in [0.1, 0.15) is 30.7 Å². The third-order valence-corrected chi connectivity index (χ3v) is 4.50. The van der Waals surface area contributed by atoms with Crippen LogP contribution in [-0.2, 0) is 14.4 Å². The Kier molecular flexibility index (Phi) is 2.54. The zero-order chi connectivity index (χ0) is 14.6. The Morgan fingerprint density at radius 2 is 2.00 bits per heavy atom. The van der Waals surface area contributed by atoms with E-state index < -0.39 is 6.04 Å². The van der Waals surface area contributed by atoms with Gasteiger partial charge < -0.3 is 5.32 Å². The summed E-state index contributed by atoms with van der Waals surface area (Å²) in [5, 5.41) is 5.64. The number of amides is 3. The van der Waals surface area contributed by atoms with Gasteiger partial charge in [0.15, 0.2) is 0 Å². The minimum atomic E-state index is -0.577. The van der Waals surface area contributed by atoms with Crippen LogP contribution in [-0.4, -0.2) is 30.3 Å². The molecule has 0 aromatic heterocycles. The van der Waals surface area contributed by atoms with Gasteiger partial charge in [0.2, 0.25) is 17.7 Å². The van der Waals surface area contributed by atoms with Crippen molar-refractivity contribution in [1.29, 1.82) is 0 Å². The molecule has 2 unspecified atom stereocenters. The van der Waals surface area contributed by atoms with E-state index in [0.717, 1.165) is 29.9 Å². The summed E-state index contributed by atoms with van der Waals surface area (Å²) in [5.74, 6) is -0.820. The van der Waals surface area contributed by atoms with Crippen LogP contribution in [0.15, 0.2) is 18.2 Å². The van der Waals surface area contributed by atoms with Gasteiger partial charge in [-0.3, -0.25) is 24.6 Å². The van der Waals surface area contributed by atoms with Gasteiger partial charge in [-0.05, 0) is 25.0 Å². The highest BCUT2D eigenvalue weighted by Gasteiger charge is 2.46. The molecule has 21 heavy (non-hydrogen) atoms. The van der Waals surface area contributed by atoms with Gasteiger partial charge in [0, 0.05) is 24.2 Å². The van der Waals surface area contributed by atoms with Gasteiger partial charge in [0.1, 0.15) is 6.04 Å². The zero-order valence-corrected chi connectivity index (χ0v) is 11.4. The summed E-state index contributed by atoms with van der Waals surface area (Å²) in [5.41, 5.74) is 2.79. The summed E-state index contributed by atoms with van der Waals surface area (Å²) in [6.07, 6.45) is 1.41. The second-order valence-corrected chi connectivity index (χ2v) is 5.68. The molecule has 6 heteroatoms. The lowest BCUT2D eigenvalue weighted by atomic mass is 9.92. The fraction of sp³-hybridized carbons (Fsp3) is 0.400. The molecule has 0 radical (unpaired) electrons. The number of rotatable bonds is 1. The summed E-state index contributed by atoms with van der Waals surface area (Å²) < 4.78 is 0. The molecule has 2 N–H and O–H groups in total. The standard InChI is InChI=1S/C15H15N3O3/c19-12-5-4-11(14(20)17-12)18-10-3-1-2-9-13(10)8(15(18)21)6-7-16-9/h1-3,8,11,16H,4-7H2,(H,17,19,20). The van der Waals surface area contributed by atoms with Crippen molar-refractivity contribution in [2.75, 3.05) is 16.8 Å². The van der Waals surface area contributed by atoms with Gasteiger partial charge in [0.25, 0.3) is 0 Å². The summed E-state index contributed by atoms with van der Waals surface area (Å²) in [4.78, 5) is 37.7. The maximum absolute atomic E-state index is 12.7. The van der Waals surface area contributed by atoms with Crippen molar-refractivity contribution >= 4 is 29.1 Å². The van der Waals surface area contributed by atoms with E-state index in [1.165, 1.54) is 0 Å². The third-order valence-electron chi connectivity index (χ3n) is 4.50. The van der Waals surface area contributed by atoms with E-state index in [-0.39, 0.29) is 30.1 Å². The maximum atomic E-state index is 12.7. The number of carbonyl (C=O) groups is 3. The van der Waals surface area contributed by atoms with E-state index in [0.29, 0.717) is 6.42 Å². The number of benzene rings is 1. The van der Waals surface area contributed by atoms with E-state index in [1.807, 2.05) is 18.2 Å².